The van der Waals surface area contributed by atoms with E-state index in [0.717, 1.165) is 33.4 Å². The second-order valence-corrected chi connectivity index (χ2v) is 15.4. The minimum absolute atomic E-state index is 0.0136. The van der Waals surface area contributed by atoms with E-state index in [1.165, 1.54) is 39.8 Å². The maximum Gasteiger partial charge on any atom is 0.407 e. The molecule has 4 aromatic carbocycles. The SMILES string of the molecule is COC(=O)[C@H](CSSC(C)(C)CNC(=O)OCC1c2ccccc2-c2ccccc21)NC(=O)OCC1c2ccccc2-c2ccccc21. The number of benzene rings is 4. The van der Waals surface area contributed by atoms with Gasteiger partial charge in [0.25, 0.3) is 0 Å². The summed E-state index contributed by atoms with van der Waals surface area (Å²) in [6, 6.07) is 31.7. The second-order valence-electron chi connectivity index (χ2n) is 12.4. The van der Waals surface area contributed by atoms with Crippen LogP contribution >= 0.6 is 21.6 Å². The smallest absolute Gasteiger partial charge is 0.407 e. The summed E-state index contributed by atoms with van der Waals surface area (Å²) in [5, 5.41) is 5.55. The van der Waals surface area contributed by atoms with Crippen LogP contribution in [0, 0.1) is 0 Å². The topological polar surface area (TPSA) is 103 Å². The molecular formula is C38H38N2O6S2. The fraction of sp³-hybridized carbons (Fsp3) is 0.289. The molecule has 6 rings (SSSR count). The lowest BCUT2D eigenvalue weighted by Crippen LogP contribution is -2.44. The molecule has 0 radical (unpaired) electrons. The molecule has 0 aromatic heterocycles. The van der Waals surface area contributed by atoms with Crippen molar-refractivity contribution >= 4 is 39.7 Å². The van der Waals surface area contributed by atoms with Crippen LogP contribution in [0.1, 0.15) is 47.9 Å². The number of amides is 2. The van der Waals surface area contributed by atoms with Gasteiger partial charge < -0.3 is 24.8 Å². The van der Waals surface area contributed by atoms with Gasteiger partial charge in [-0.15, -0.1) is 0 Å². The minimum atomic E-state index is -0.908. The first-order chi connectivity index (χ1) is 23.3. The molecule has 8 nitrogen and oxygen atoms in total. The van der Waals surface area contributed by atoms with Gasteiger partial charge in [-0.2, -0.15) is 0 Å². The predicted octanol–water partition coefficient (Wildman–Crippen LogP) is 7.77. The maximum atomic E-state index is 12.9. The molecule has 2 amide bonds. The summed E-state index contributed by atoms with van der Waals surface area (Å²) in [7, 11) is 4.18. The second kappa shape index (κ2) is 14.8. The Labute approximate surface area is 288 Å². The third-order valence-corrected chi connectivity index (χ3v) is 11.9. The highest BCUT2D eigenvalue weighted by molar-refractivity contribution is 8.77. The van der Waals surface area contributed by atoms with Crippen molar-refractivity contribution in [3.63, 3.8) is 0 Å². The highest BCUT2D eigenvalue weighted by atomic mass is 33.1. The van der Waals surface area contributed by atoms with Gasteiger partial charge in [-0.3, -0.25) is 0 Å². The van der Waals surface area contributed by atoms with E-state index in [2.05, 4.69) is 59.2 Å². The summed E-state index contributed by atoms with van der Waals surface area (Å²) < 4.78 is 15.9. The lowest BCUT2D eigenvalue weighted by molar-refractivity contribution is -0.142. The van der Waals surface area contributed by atoms with Crippen LogP contribution in [0.2, 0.25) is 0 Å². The Morgan fingerprint density at radius 2 is 1.10 bits per heavy atom. The van der Waals surface area contributed by atoms with Gasteiger partial charge in [0.15, 0.2) is 0 Å². The van der Waals surface area contributed by atoms with Crippen LogP contribution in [0.15, 0.2) is 97.1 Å². The Hall–Kier alpha value is -4.41. The van der Waals surface area contributed by atoms with Crippen LogP contribution < -0.4 is 10.6 Å². The fourth-order valence-electron chi connectivity index (χ4n) is 6.32. The molecule has 0 fully saturated rings. The Bertz CT molecular complexity index is 1720. The summed E-state index contributed by atoms with van der Waals surface area (Å²) in [6.07, 6.45) is -1.17. The molecule has 0 heterocycles. The first-order valence-electron chi connectivity index (χ1n) is 15.8. The van der Waals surface area contributed by atoms with E-state index >= 15 is 0 Å². The molecule has 0 saturated heterocycles. The van der Waals surface area contributed by atoms with Crippen LogP contribution in [-0.2, 0) is 19.0 Å². The highest BCUT2D eigenvalue weighted by Crippen LogP contribution is 2.45. The minimum Gasteiger partial charge on any atom is -0.467 e. The van der Waals surface area contributed by atoms with Crippen LogP contribution in [0.4, 0.5) is 9.59 Å². The van der Waals surface area contributed by atoms with Gasteiger partial charge in [0, 0.05) is 28.9 Å². The number of carbonyl (C=O) groups is 3. The van der Waals surface area contributed by atoms with Crippen molar-refractivity contribution < 1.29 is 28.6 Å². The quantitative estimate of drug-likeness (QED) is 0.0888. The normalized spacial score (nSPS) is 13.8. The van der Waals surface area contributed by atoms with Gasteiger partial charge in [0.05, 0.1) is 7.11 Å². The molecule has 0 bridgehead atoms. The number of carbonyl (C=O) groups excluding carboxylic acids is 3. The summed E-state index contributed by atoms with van der Waals surface area (Å²) in [4.78, 5) is 38.1. The third-order valence-electron chi connectivity index (χ3n) is 8.64. The zero-order chi connectivity index (χ0) is 33.7. The fourth-order valence-corrected chi connectivity index (χ4v) is 8.94. The molecule has 1 atom stereocenters. The molecule has 2 aliphatic carbocycles. The van der Waals surface area contributed by atoms with Gasteiger partial charge >= 0.3 is 18.2 Å². The molecule has 4 aromatic rings. The Balaban J connectivity index is 0.958. The molecule has 248 valence electrons. The van der Waals surface area contributed by atoms with Crippen molar-refractivity contribution in [1.29, 1.82) is 0 Å². The summed E-state index contributed by atoms with van der Waals surface area (Å²) >= 11 is 0. The Kier molecular flexibility index (Phi) is 10.3. The first-order valence-corrected chi connectivity index (χ1v) is 18.2. The number of ether oxygens (including phenoxy) is 3. The summed E-state index contributed by atoms with van der Waals surface area (Å²) in [5.41, 5.74) is 9.16. The van der Waals surface area contributed by atoms with Gasteiger partial charge in [-0.1, -0.05) is 119 Å². The van der Waals surface area contributed by atoms with Crippen LogP contribution in [0.3, 0.4) is 0 Å². The molecule has 2 aliphatic rings. The number of alkyl carbamates (subject to hydrolysis) is 2. The van der Waals surface area contributed by atoms with E-state index in [1.807, 2.05) is 62.4 Å². The van der Waals surface area contributed by atoms with Gasteiger partial charge in [0.2, 0.25) is 0 Å². The van der Waals surface area contributed by atoms with Crippen molar-refractivity contribution in [3.05, 3.63) is 119 Å². The van der Waals surface area contributed by atoms with E-state index in [4.69, 9.17) is 14.2 Å². The lowest BCUT2D eigenvalue weighted by Gasteiger charge is -2.25. The first kappa shape index (κ1) is 33.5. The number of methoxy groups -OCH3 is 1. The van der Waals surface area contributed by atoms with E-state index in [0.29, 0.717) is 6.54 Å². The maximum absolute atomic E-state index is 12.9. The Morgan fingerprint density at radius 3 is 1.54 bits per heavy atom. The predicted molar refractivity (Wildman–Crippen MR) is 191 cm³/mol. The Morgan fingerprint density at radius 1 is 0.688 bits per heavy atom. The van der Waals surface area contributed by atoms with E-state index in [9.17, 15) is 14.4 Å². The standard InChI is InChI=1S/C38H38N2O6S2/c1-38(2,23-39-36(42)45-20-32-28-16-8-4-12-24(28)25-13-5-9-17-29(25)32)48-47-22-34(35(41)44-3)40-37(43)46-21-33-30-18-10-6-14-26(30)27-15-7-11-19-31(27)33/h4-19,32-34H,20-23H2,1-3H3,(H,39,42)(H,40,43)/t34-/m0/s1. The highest BCUT2D eigenvalue weighted by Gasteiger charge is 2.32. The molecule has 0 spiro atoms. The summed E-state index contributed by atoms with van der Waals surface area (Å²) in [6.45, 7) is 4.69. The monoisotopic (exact) mass is 682 g/mol. The van der Waals surface area contributed by atoms with Crippen LogP contribution in [0.25, 0.3) is 22.3 Å². The molecule has 48 heavy (non-hydrogen) atoms. The van der Waals surface area contributed by atoms with Gasteiger partial charge in [0.1, 0.15) is 19.3 Å². The molecule has 0 saturated carbocycles. The van der Waals surface area contributed by atoms with Gasteiger partial charge in [-0.05, 0) is 58.4 Å². The molecule has 2 N–H and O–H groups in total. The number of nitrogens with one attached hydrogen (secondary N) is 2. The molecule has 0 aliphatic heterocycles. The van der Waals surface area contributed by atoms with Crippen molar-refractivity contribution in [2.24, 2.45) is 0 Å². The zero-order valence-electron chi connectivity index (χ0n) is 27.1. The zero-order valence-corrected chi connectivity index (χ0v) is 28.7. The number of esters is 1. The van der Waals surface area contributed by atoms with Crippen LogP contribution in [0.5, 0.6) is 0 Å². The number of hydrogen-bond acceptors (Lipinski definition) is 8. The summed E-state index contributed by atoms with van der Waals surface area (Å²) in [5.74, 6) is -0.420. The van der Waals surface area contributed by atoms with Crippen molar-refractivity contribution in [2.45, 2.75) is 36.5 Å². The van der Waals surface area contributed by atoms with E-state index in [-0.39, 0.29) is 30.8 Å². The van der Waals surface area contributed by atoms with Crippen molar-refractivity contribution in [3.8, 4) is 22.3 Å². The van der Waals surface area contributed by atoms with Crippen LogP contribution in [-0.4, -0.2) is 61.6 Å². The van der Waals surface area contributed by atoms with Gasteiger partial charge in [-0.25, -0.2) is 14.4 Å². The molecule has 10 heteroatoms. The average Bonchev–Trinajstić information content (AvgIpc) is 3.60. The van der Waals surface area contributed by atoms with Crippen molar-refractivity contribution in [2.75, 3.05) is 32.6 Å². The lowest BCUT2D eigenvalue weighted by atomic mass is 9.98. The van der Waals surface area contributed by atoms with Crippen molar-refractivity contribution in [1.82, 2.24) is 10.6 Å². The van der Waals surface area contributed by atoms with E-state index < -0.39 is 28.9 Å². The van der Waals surface area contributed by atoms with E-state index in [1.54, 1.807) is 0 Å². The largest absolute Gasteiger partial charge is 0.467 e. The number of rotatable bonds is 12. The molecular weight excluding hydrogens is 645 g/mol. The number of fused-ring (bicyclic) bond motifs is 6. The number of hydrogen-bond donors (Lipinski definition) is 2. The third kappa shape index (κ3) is 7.34. The average molecular weight is 683 g/mol. The molecule has 0 unspecified atom stereocenters.